The van der Waals surface area contributed by atoms with Crippen LogP contribution < -0.4 is 10.1 Å². The third-order valence-corrected chi connectivity index (χ3v) is 2.51. The zero-order valence-electron chi connectivity index (χ0n) is 11.4. The van der Waals surface area contributed by atoms with Crippen LogP contribution in [0.1, 0.15) is 18.4 Å². The van der Waals surface area contributed by atoms with E-state index in [1.54, 1.807) is 0 Å². The van der Waals surface area contributed by atoms with Gasteiger partial charge in [-0.05, 0) is 30.2 Å². The molecule has 1 aromatic rings. The van der Waals surface area contributed by atoms with Crippen molar-refractivity contribution >= 4 is 18.0 Å². The van der Waals surface area contributed by atoms with Gasteiger partial charge in [0, 0.05) is 19.5 Å². The van der Waals surface area contributed by atoms with Crippen LogP contribution in [0.5, 0.6) is 5.75 Å². The van der Waals surface area contributed by atoms with E-state index in [1.165, 1.54) is 7.05 Å². The second-order valence-corrected chi connectivity index (χ2v) is 4.11. The molecule has 0 aromatic heterocycles. The molecule has 0 radical (unpaired) electrons. The van der Waals surface area contributed by atoms with Crippen molar-refractivity contribution in [3.05, 3.63) is 35.4 Å². The first-order valence-electron chi connectivity index (χ1n) is 6.17. The van der Waals surface area contributed by atoms with Crippen molar-refractivity contribution in [1.29, 1.82) is 0 Å². The first kappa shape index (κ1) is 16.6. The maximum atomic E-state index is 13.7. The quantitative estimate of drug-likeness (QED) is 0.596. The van der Waals surface area contributed by atoms with Gasteiger partial charge in [0.25, 0.3) is 0 Å². The van der Waals surface area contributed by atoms with Gasteiger partial charge in [0.15, 0.2) is 17.4 Å². The molecule has 0 bridgehead atoms. The van der Waals surface area contributed by atoms with Crippen molar-refractivity contribution in [2.75, 3.05) is 13.7 Å². The molecule has 2 N–H and O–H groups in total. The molecule has 1 amide bonds. The summed E-state index contributed by atoms with van der Waals surface area (Å²) in [7, 11) is 1.49. The zero-order valence-corrected chi connectivity index (χ0v) is 11.4. The van der Waals surface area contributed by atoms with Crippen molar-refractivity contribution in [3.8, 4) is 5.75 Å². The standard InChI is InChI=1S/C14H15F2NO4/c1-17-12(18)3-2-6-21-14-10(15)7-9(8-11(14)16)4-5-13(19)20/h4-5,7-8H,2-3,6H2,1H3,(H,17,18)(H,19,20). The number of amides is 1. The number of carbonyl (C=O) groups excluding carboxylic acids is 1. The number of nitrogens with one attached hydrogen (secondary N) is 1. The molecule has 7 heteroatoms. The average Bonchev–Trinajstić information content (AvgIpc) is 2.43. The van der Waals surface area contributed by atoms with Crippen LogP contribution in [0, 0.1) is 11.6 Å². The summed E-state index contributed by atoms with van der Waals surface area (Å²) >= 11 is 0. The molecule has 0 aliphatic rings. The number of carboxylic acid groups (broad SMARTS) is 1. The van der Waals surface area contributed by atoms with Crippen LogP contribution in [0.4, 0.5) is 8.78 Å². The summed E-state index contributed by atoms with van der Waals surface area (Å²) in [4.78, 5) is 21.3. The van der Waals surface area contributed by atoms with Gasteiger partial charge in [-0.15, -0.1) is 0 Å². The van der Waals surface area contributed by atoms with Crippen LogP contribution in [0.3, 0.4) is 0 Å². The van der Waals surface area contributed by atoms with Gasteiger partial charge < -0.3 is 15.2 Å². The maximum Gasteiger partial charge on any atom is 0.328 e. The van der Waals surface area contributed by atoms with E-state index >= 15 is 0 Å². The lowest BCUT2D eigenvalue weighted by molar-refractivity contribution is -0.131. The zero-order chi connectivity index (χ0) is 15.8. The lowest BCUT2D eigenvalue weighted by atomic mass is 10.2. The number of halogens is 2. The van der Waals surface area contributed by atoms with Crippen molar-refractivity contribution in [2.24, 2.45) is 0 Å². The average molecular weight is 299 g/mol. The minimum Gasteiger partial charge on any atom is -0.488 e. The molecule has 0 heterocycles. The van der Waals surface area contributed by atoms with Crippen LogP contribution in [-0.2, 0) is 9.59 Å². The highest BCUT2D eigenvalue weighted by molar-refractivity contribution is 5.85. The van der Waals surface area contributed by atoms with Crippen molar-refractivity contribution in [3.63, 3.8) is 0 Å². The predicted molar refractivity (Wildman–Crippen MR) is 71.8 cm³/mol. The van der Waals surface area contributed by atoms with Gasteiger partial charge >= 0.3 is 5.97 Å². The predicted octanol–water partition coefficient (Wildman–Crippen LogP) is 1.97. The van der Waals surface area contributed by atoms with E-state index < -0.39 is 23.4 Å². The number of hydrogen-bond acceptors (Lipinski definition) is 3. The Morgan fingerprint density at radius 1 is 1.33 bits per heavy atom. The Morgan fingerprint density at radius 2 is 1.95 bits per heavy atom. The second-order valence-electron chi connectivity index (χ2n) is 4.11. The molecule has 114 valence electrons. The fourth-order valence-corrected chi connectivity index (χ4v) is 1.51. The lowest BCUT2D eigenvalue weighted by Gasteiger charge is -2.09. The first-order chi connectivity index (χ1) is 9.93. The second kappa shape index (κ2) is 7.98. The van der Waals surface area contributed by atoms with E-state index in [0.717, 1.165) is 24.3 Å². The maximum absolute atomic E-state index is 13.7. The van der Waals surface area contributed by atoms with Crippen molar-refractivity contribution in [1.82, 2.24) is 5.32 Å². The Morgan fingerprint density at radius 3 is 2.48 bits per heavy atom. The first-order valence-corrected chi connectivity index (χ1v) is 6.17. The summed E-state index contributed by atoms with van der Waals surface area (Å²) < 4.78 is 32.3. The summed E-state index contributed by atoms with van der Waals surface area (Å²) in [6.07, 6.45) is 2.36. The Bertz CT molecular complexity index is 535. The molecule has 5 nitrogen and oxygen atoms in total. The molecule has 0 saturated heterocycles. The molecule has 0 saturated carbocycles. The molecule has 0 aliphatic carbocycles. The Labute approximate surface area is 120 Å². The van der Waals surface area contributed by atoms with E-state index in [2.05, 4.69) is 5.32 Å². The van der Waals surface area contributed by atoms with E-state index in [9.17, 15) is 18.4 Å². The summed E-state index contributed by atoms with van der Waals surface area (Å²) in [5, 5.41) is 10.9. The van der Waals surface area contributed by atoms with Gasteiger partial charge in [0.05, 0.1) is 6.61 Å². The highest BCUT2D eigenvalue weighted by Gasteiger charge is 2.12. The smallest absolute Gasteiger partial charge is 0.328 e. The number of benzene rings is 1. The molecule has 0 unspecified atom stereocenters. The minimum absolute atomic E-state index is 0.00836. The topological polar surface area (TPSA) is 75.6 Å². The van der Waals surface area contributed by atoms with E-state index in [-0.39, 0.29) is 24.5 Å². The van der Waals surface area contributed by atoms with Gasteiger partial charge in [0.1, 0.15) is 0 Å². The highest BCUT2D eigenvalue weighted by Crippen LogP contribution is 2.24. The van der Waals surface area contributed by atoms with E-state index in [4.69, 9.17) is 9.84 Å². The van der Waals surface area contributed by atoms with Crippen LogP contribution in [0.25, 0.3) is 6.08 Å². The van der Waals surface area contributed by atoms with Crippen LogP contribution in [0.2, 0.25) is 0 Å². The number of hydrogen-bond donors (Lipinski definition) is 2. The van der Waals surface area contributed by atoms with Gasteiger partial charge in [-0.25, -0.2) is 13.6 Å². The fraction of sp³-hybridized carbons (Fsp3) is 0.286. The third kappa shape index (κ3) is 5.60. The highest BCUT2D eigenvalue weighted by atomic mass is 19.1. The van der Waals surface area contributed by atoms with Crippen molar-refractivity contribution in [2.45, 2.75) is 12.8 Å². The Balaban J connectivity index is 2.67. The van der Waals surface area contributed by atoms with Crippen LogP contribution in [0.15, 0.2) is 18.2 Å². The van der Waals surface area contributed by atoms with Crippen molar-refractivity contribution < 1.29 is 28.2 Å². The molecular weight excluding hydrogens is 284 g/mol. The minimum atomic E-state index is -1.22. The van der Waals surface area contributed by atoms with E-state index in [1.807, 2.05) is 0 Å². The monoisotopic (exact) mass is 299 g/mol. The molecule has 1 aromatic carbocycles. The van der Waals surface area contributed by atoms with Gasteiger partial charge in [-0.2, -0.15) is 0 Å². The molecular formula is C14H15F2NO4. The third-order valence-electron chi connectivity index (χ3n) is 2.51. The Hall–Kier alpha value is -2.44. The largest absolute Gasteiger partial charge is 0.488 e. The molecule has 1 rings (SSSR count). The lowest BCUT2D eigenvalue weighted by Crippen LogP contribution is -2.18. The number of carboxylic acids is 1. The number of aliphatic carboxylic acids is 1. The molecule has 0 atom stereocenters. The van der Waals surface area contributed by atoms with Crippen LogP contribution >= 0.6 is 0 Å². The summed E-state index contributed by atoms with van der Waals surface area (Å²) in [5.41, 5.74) is 0.0742. The normalized spacial score (nSPS) is 10.6. The summed E-state index contributed by atoms with van der Waals surface area (Å²) in [6.45, 7) is -0.00836. The van der Waals surface area contributed by atoms with Crippen LogP contribution in [-0.4, -0.2) is 30.6 Å². The molecule has 0 aliphatic heterocycles. The fourth-order valence-electron chi connectivity index (χ4n) is 1.51. The number of rotatable bonds is 7. The number of ether oxygens (including phenoxy) is 1. The van der Waals surface area contributed by atoms with Gasteiger partial charge in [0.2, 0.25) is 5.91 Å². The van der Waals surface area contributed by atoms with Gasteiger partial charge in [-0.1, -0.05) is 0 Å². The number of carbonyl (C=O) groups is 2. The van der Waals surface area contributed by atoms with E-state index in [0.29, 0.717) is 6.42 Å². The molecule has 0 spiro atoms. The summed E-state index contributed by atoms with van der Waals surface area (Å²) in [6, 6.07) is 1.94. The Kier molecular flexibility index (Phi) is 6.32. The van der Waals surface area contributed by atoms with Gasteiger partial charge in [-0.3, -0.25) is 4.79 Å². The summed E-state index contributed by atoms with van der Waals surface area (Å²) in [5.74, 6) is -3.81. The molecule has 21 heavy (non-hydrogen) atoms. The SMILES string of the molecule is CNC(=O)CCCOc1c(F)cc(C=CC(=O)O)cc1F. The molecule has 0 fully saturated rings.